The second-order valence-electron chi connectivity index (χ2n) is 5.36. The summed E-state index contributed by atoms with van der Waals surface area (Å²) in [5.74, 6) is -0.589. The molecule has 8 heteroatoms. The van der Waals surface area contributed by atoms with Gasteiger partial charge in [-0.15, -0.1) is 0 Å². The molecule has 25 heavy (non-hydrogen) atoms. The van der Waals surface area contributed by atoms with Crippen molar-refractivity contribution in [1.82, 2.24) is 8.75 Å². The number of nitrogens with one attached hydrogen (secondary N) is 2. The molecule has 128 valence electrons. The lowest BCUT2D eigenvalue weighted by atomic mass is 10.1. The third-order valence-electron chi connectivity index (χ3n) is 3.65. The number of anilines is 2. The Labute approximate surface area is 148 Å². The van der Waals surface area contributed by atoms with Crippen LogP contribution in [-0.4, -0.2) is 34.3 Å². The fourth-order valence-corrected chi connectivity index (χ4v) is 2.93. The number of fused-ring (bicyclic) bond motifs is 1. The predicted molar refractivity (Wildman–Crippen MR) is 97.1 cm³/mol. The SMILES string of the molecule is COC(=O)c1ccc(NCC(=O)Nc2cccc3nsnc23)c(C)c1. The number of hydrogen-bond donors (Lipinski definition) is 2. The highest BCUT2D eigenvalue weighted by atomic mass is 32.1. The van der Waals surface area contributed by atoms with Crippen LogP contribution in [-0.2, 0) is 9.53 Å². The zero-order valence-corrected chi connectivity index (χ0v) is 14.5. The molecule has 0 fully saturated rings. The zero-order valence-electron chi connectivity index (χ0n) is 13.7. The normalized spacial score (nSPS) is 10.5. The van der Waals surface area contributed by atoms with Gasteiger partial charge in [-0.25, -0.2) is 4.79 Å². The molecule has 0 aliphatic rings. The van der Waals surface area contributed by atoms with Gasteiger partial charge >= 0.3 is 5.97 Å². The summed E-state index contributed by atoms with van der Waals surface area (Å²) in [5, 5.41) is 5.89. The average Bonchev–Trinajstić information content (AvgIpc) is 3.09. The third-order valence-corrected chi connectivity index (χ3v) is 4.19. The molecule has 0 unspecified atom stereocenters. The van der Waals surface area contributed by atoms with Crippen LogP contribution in [0.25, 0.3) is 11.0 Å². The van der Waals surface area contributed by atoms with E-state index in [2.05, 4.69) is 19.4 Å². The van der Waals surface area contributed by atoms with Gasteiger partial charge in [-0.2, -0.15) is 8.75 Å². The van der Waals surface area contributed by atoms with Gasteiger partial charge in [0.25, 0.3) is 0 Å². The van der Waals surface area contributed by atoms with Crippen LogP contribution in [0.5, 0.6) is 0 Å². The van der Waals surface area contributed by atoms with Crippen molar-refractivity contribution in [2.45, 2.75) is 6.92 Å². The van der Waals surface area contributed by atoms with Crippen LogP contribution in [0.2, 0.25) is 0 Å². The molecule has 0 saturated heterocycles. The highest BCUT2D eigenvalue weighted by Crippen LogP contribution is 2.21. The number of methoxy groups -OCH3 is 1. The molecule has 0 radical (unpaired) electrons. The Morgan fingerprint density at radius 3 is 2.76 bits per heavy atom. The molecule has 0 bridgehead atoms. The van der Waals surface area contributed by atoms with E-state index >= 15 is 0 Å². The second-order valence-corrected chi connectivity index (χ2v) is 5.89. The average molecular weight is 356 g/mol. The van der Waals surface area contributed by atoms with Gasteiger partial charge in [-0.1, -0.05) is 6.07 Å². The van der Waals surface area contributed by atoms with Crippen molar-refractivity contribution in [3.05, 3.63) is 47.5 Å². The first-order chi connectivity index (χ1) is 12.1. The van der Waals surface area contributed by atoms with Gasteiger partial charge in [0.2, 0.25) is 5.91 Å². The lowest BCUT2D eigenvalue weighted by molar-refractivity contribution is -0.114. The molecule has 0 aliphatic heterocycles. The summed E-state index contributed by atoms with van der Waals surface area (Å²) in [6.45, 7) is 1.95. The Kier molecular flexibility index (Phi) is 4.90. The standard InChI is InChI=1S/C17H16N4O3S/c1-10-8-11(17(23)24-2)6-7-12(10)18-9-15(22)19-13-4-3-5-14-16(13)21-25-20-14/h3-8,18H,9H2,1-2H3,(H,19,22). The van der Waals surface area contributed by atoms with E-state index in [1.165, 1.54) is 7.11 Å². The Balaban J connectivity index is 1.64. The Morgan fingerprint density at radius 1 is 1.16 bits per heavy atom. The summed E-state index contributed by atoms with van der Waals surface area (Å²) >= 11 is 1.11. The number of benzene rings is 2. The summed E-state index contributed by atoms with van der Waals surface area (Å²) < 4.78 is 13.0. The third kappa shape index (κ3) is 3.74. The van der Waals surface area contributed by atoms with Crippen molar-refractivity contribution in [1.29, 1.82) is 0 Å². The van der Waals surface area contributed by atoms with Gasteiger partial charge in [-0.3, -0.25) is 4.79 Å². The Morgan fingerprint density at radius 2 is 2.00 bits per heavy atom. The smallest absolute Gasteiger partial charge is 0.337 e. The maximum absolute atomic E-state index is 12.2. The minimum absolute atomic E-state index is 0.0896. The molecule has 1 heterocycles. The largest absolute Gasteiger partial charge is 0.465 e. The van der Waals surface area contributed by atoms with Crippen molar-refractivity contribution in [2.24, 2.45) is 0 Å². The van der Waals surface area contributed by atoms with E-state index in [0.29, 0.717) is 16.8 Å². The molecule has 3 rings (SSSR count). The van der Waals surface area contributed by atoms with E-state index in [9.17, 15) is 9.59 Å². The molecule has 2 aromatic carbocycles. The first-order valence-corrected chi connectivity index (χ1v) is 8.25. The van der Waals surface area contributed by atoms with Gasteiger partial charge < -0.3 is 15.4 Å². The van der Waals surface area contributed by atoms with E-state index in [1.54, 1.807) is 24.3 Å². The van der Waals surface area contributed by atoms with Crippen molar-refractivity contribution < 1.29 is 14.3 Å². The fraction of sp³-hybridized carbons (Fsp3) is 0.176. The fourth-order valence-electron chi connectivity index (χ4n) is 2.38. The summed E-state index contributed by atoms with van der Waals surface area (Å²) in [5.41, 5.74) is 4.16. The summed E-state index contributed by atoms with van der Waals surface area (Å²) in [6, 6.07) is 10.6. The number of carbonyl (C=O) groups excluding carboxylic acids is 2. The van der Waals surface area contributed by atoms with Crippen LogP contribution in [0.4, 0.5) is 11.4 Å². The topological polar surface area (TPSA) is 93.2 Å². The molecule has 0 atom stereocenters. The molecular formula is C17H16N4O3S. The molecule has 0 aliphatic carbocycles. The van der Waals surface area contributed by atoms with Gasteiger partial charge in [0.1, 0.15) is 11.0 Å². The summed E-state index contributed by atoms with van der Waals surface area (Å²) in [4.78, 5) is 23.7. The molecule has 0 spiro atoms. The highest BCUT2D eigenvalue weighted by Gasteiger charge is 2.10. The number of hydrogen-bond acceptors (Lipinski definition) is 7. The van der Waals surface area contributed by atoms with Gasteiger partial charge in [0, 0.05) is 5.69 Å². The number of aryl methyl sites for hydroxylation is 1. The van der Waals surface area contributed by atoms with Crippen molar-refractivity contribution >= 4 is 46.0 Å². The molecule has 0 saturated carbocycles. The molecule has 3 aromatic rings. The lowest BCUT2D eigenvalue weighted by Crippen LogP contribution is -2.22. The van der Waals surface area contributed by atoms with Gasteiger partial charge in [0.15, 0.2) is 0 Å². The van der Waals surface area contributed by atoms with Crippen molar-refractivity contribution in [2.75, 3.05) is 24.3 Å². The number of aromatic nitrogens is 2. The minimum atomic E-state index is -0.391. The molecule has 7 nitrogen and oxygen atoms in total. The molecular weight excluding hydrogens is 340 g/mol. The summed E-state index contributed by atoms with van der Waals surface area (Å²) in [7, 11) is 1.34. The van der Waals surface area contributed by atoms with E-state index in [1.807, 2.05) is 19.1 Å². The van der Waals surface area contributed by atoms with Crippen LogP contribution >= 0.6 is 11.7 Å². The number of nitrogens with zero attached hydrogens (tertiary/aromatic N) is 2. The first-order valence-electron chi connectivity index (χ1n) is 7.52. The zero-order chi connectivity index (χ0) is 17.8. The van der Waals surface area contributed by atoms with Crippen LogP contribution in [0.3, 0.4) is 0 Å². The predicted octanol–water partition coefficient (Wildman–Crippen LogP) is 2.84. The van der Waals surface area contributed by atoms with E-state index < -0.39 is 5.97 Å². The monoisotopic (exact) mass is 356 g/mol. The molecule has 1 amide bonds. The van der Waals surface area contributed by atoms with Gasteiger partial charge in [0.05, 0.1) is 36.6 Å². The minimum Gasteiger partial charge on any atom is -0.465 e. The van der Waals surface area contributed by atoms with Crippen LogP contribution in [0.15, 0.2) is 36.4 Å². The van der Waals surface area contributed by atoms with Crippen LogP contribution in [0, 0.1) is 6.92 Å². The first kappa shape index (κ1) is 16.8. The van der Waals surface area contributed by atoms with Crippen molar-refractivity contribution in [3.8, 4) is 0 Å². The van der Waals surface area contributed by atoms with Gasteiger partial charge in [-0.05, 0) is 42.8 Å². The Hall–Kier alpha value is -3.00. The van der Waals surface area contributed by atoms with E-state index in [4.69, 9.17) is 4.74 Å². The number of ether oxygens (including phenoxy) is 1. The Bertz CT molecular complexity index is 939. The molecule has 1 aromatic heterocycles. The highest BCUT2D eigenvalue weighted by molar-refractivity contribution is 7.00. The number of amides is 1. The lowest BCUT2D eigenvalue weighted by Gasteiger charge is -2.11. The van der Waals surface area contributed by atoms with Crippen LogP contribution < -0.4 is 10.6 Å². The number of carbonyl (C=O) groups is 2. The maximum atomic E-state index is 12.2. The second kappa shape index (κ2) is 7.27. The quantitative estimate of drug-likeness (QED) is 0.683. The van der Waals surface area contributed by atoms with Crippen LogP contribution in [0.1, 0.15) is 15.9 Å². The van der Waals surface area contributed by atoms with E-state index in [-0.39, 0.29) is 12.5 Å². The number of esters is 1. The summed E-state index contributed by atoms with van der Waals surface area (Å²) in [6.07, 6.45) is 0. The number of rotatable bonds is 5. The van der Waals surface area contributed by atoms with E-state index in [0.717, 1.165) is 28.5 Å². The maximum Gasteiger partial charge on any atom is 0.337 e. The van der Waals surface area contributed by atoms with Crippen molar-refractivity contribution in [3.63, 3.8) is 0 Å². The molecule has 2 N–H and O–H groups in total.